The second-order valence-electron chi connectivity index (χ2n) is 7.16. The van der Waals surface area contributed by atoms with Gasteiger partial charge in [0.2, 0.25) is 5.91 Å². The summed E-state index contributed by atoms with van der Waals surface area (Å²) >= 11 is 3.00. The molecule has 0 fully saturated rings. The molecule has 5 rings (SSSR count). The monoisotopic (exact) mass is 411 g/mol. The Morgan fingerprint density at radius 1 is 1.11 bits per heavy atom. The molecule has 0 atom stereocenters. The van der Waals surface area contributed by atoms with Gasteiger partial charge in [-0.3, -0.25) is 9.59 Å². The van der Waals surface area contributed by atoms with Crippen LogP contribution in [0.1, 0.15) is 45.7 Å². The molecule has 3 aromatic heterocycles. The van der Waals surface area contributed by atoms with Crippen LogP contribution >= 0.6 is 22.7 Å². The summed E-state index contributed by atoms with van der Waals surface area (Å²) in [7, 11) is 0. The van der Waals surface area contributed by atoms with Crippen molar-refractivity contribution in [1.29, 1.82) is 5.26 Å². The highest BCUT2D eigenvalue weighted by atomic mass is 32.1. The van der Waals surface area contributed by atoms with E-state index in [9.17, 15) is 14.9 Å². The molecule has 142 valence electrons. The minimum absolute atomic E-state index is 0.209. The highest BCUT2D eigenvalue weighted by molar-refractivity contribution is 7.18. The third-order valence-electron chi connectivity index (χ3n) is 5.42. The van der Waals surface area contributed by atoms with E-state index in [4.69, 9.17) is 0 Å². The number of nitrogens with zero attached hydrogens (tertiary/aromatic N) is 4. The van der Waals surface area contributed by atoms with Crippen LogP contribution in [0.4, 0.5) is 5.00 Å². The van der Waals surface area contributed by atoms with Gasteiger partial charge in [-0.2, -0.15) is 5.26 Å². The molecule has 3 aromatic rings. The van der Waals surface area contributed by atoms with Gasteiger partial charge in [-0.25, -0.2) is 4.68 Å². The number of aromatic nitrogens is 3. The third-order valence-corrected chi connectivity index (χ3v) is 7.81. The number of hydrogen-bond acceptors (Lipinski definition) is 7. The average molecular weight is 412 g/mol. The fraction of sp³-hybridized carbons (Fsp3) is 0.421. The highest BCUT2D eigenvalue weighted by Gasteiger charge is 2.24. The van der Waals surface area contributed by atoms with E-state index in [1.165, 1.54) is 21.1 Å². The van der Waals surface area contributed by atoms with Crippen molar-refractivity contribution >= 4 is 43.8 Å². The standard InChI is InChI=1S/C19H17N5O2S2/c20-8-12-10-5-3-7-13(10)27-17(12)21-15(25)9-24-19(26)16-11-4-1-2-6-14(11)28-18(16)22-23-24/h1-7,9H2,(H,21,25). The van der Waals surface area contributed by atoms with E-state index in [1.54, 1.807) is 11.3 Å². The van der Waals surface area contributed by atoms with Crippen molar-refractivity contribution in [3.63, 3.8) is 0 Å². The number of rotatable bonds is 3. The molecule has 1 N–H and O–H groups in total. The number of anilines is 1. The molecule has 0 spiro atoms. The Morgan fingerprint density at radius 2 is 1.86 bits per heavy atom. The number of hydrogen-bond donors (Lipinski definition) is 1. The minimum atomic E-state index is -0.365. The second-order valence-corrected chi connectivity index (χ2v) is 9.35. The van der Waals surface area contributed by atoms with Gasteiger partial charge < -0.3 is 5.32 Å². The predicted molar refractivity (Wildman–Crippen MR) is 108 cm³/mol. The number of fused-ring (bicyclic) bond motifs is 4. The van der Waals surface area contributed by atoms with E-state index in [0.717, 1.165) is 60.8 Å². The Balaban J connectivity index is 1.43. The van der Waals surface area contributed by atoms with Crippen molar-refractivity contribution in [1.82, 2.24) is 15.0 Å². The van der Waals surface area contributed by atoms with Crippen LogP contribution in [0.5, 0.6) is 0 Å². The van der Waals surface area contributed by atoms with Gasteiger partial charge in [0.25, 0.3) is 5.56 Å². The first-order chi connectivity index (χ1) is 13.7. The maximum absolute atomic E-state index is 12.9. The quantitative estimate of drug-likeness (QED) is 0.714. The van der Waals surface area contributed by atoms with E-state index >= 15 is 0 Å². The molecule has 9 heteroatoms. The number of nitrogens with one attached hydrogen (secondary N) is 1. The molecule has 0 radical (unpaired) electrons. The lowest BCUT2D eigenvalue weighted by Crippen LogP contribution is -2.30. The molecule has 3 heterocycles. The number of nitriles is 1. The summed E-state index contributed by atoms with van der Waals surface area (Å²) in [5.41, 5.74) is 2.45. The van der Waals surface area contributed by atoms with Crippen molar-refractivity contribution < 1.29 is 4.79 Å². The molecular weight excluding hydrogens is 394 g/mol. The smallest absolute Gasteiger partial charge is 0.279 e. The molecule has 0 unspecified atom stereocenters. The summed E-state index contributed by atoms with van der Waals surface area (Å²) in [6, 6.07) is 2.21. The Hall–Kier alpha value is -2.57. The first kappa shape index (κ1) is 17.5. The molecular formula is C19H17N5O2S2. The molecule has 28 heavy (non-hydrogen) atoms. The van der Waals surface area contributed by atoms with E-state index in [0.29, 0.717) is 20.8 Å². The number of aryl methyl sites for hydroxylation is 3. The molecule has 1 amide bonds. The lowest BCUT2D eigenvalue weighted by atomic mass is 9.97. The van der Waals surface area contributed by atoms with Crippen LogP contribution in [0.3, 0.4) is 0 Å². The lowest BCUT2D eigenvalue weighted by Gasteiger charge is -2.10. The lowest BCUT2D eigenvalue weighted by molar-refractivity contribution is -0.117. The van der Waals surface area contributed by atoms with Crippen molar-refractivity contribution in [3.8, 4) is 6.07 Å². The van der Waals surface area contributed by atoms with Crippen molar-refractivity contribution in [2.24, 2.45) is 0 Å². The molecule has 0 saturated carbocycles. The van der Waals surface area contributed by atoms with Crippen molar-refractivity contribution in [2.75, 3.05) is 5.32 Å². The Labute approximate surface area is 168 Å². The fourth-order valence-electron chi connectivity index (χ4n) is 4.12. The topological polar surface area (TPSA) is 101 Å². The largest absolute Gasteiger partial charge is 0.315 e. The molecule has 2 aliphatic rings. The summed E-state index contributed by atoms with van der Waals surface area (Å²) in [6.07, 6.45) is 6.97. The zero-order valence-corrected chi connectivity index (χ0v) is 16.7. The number of carbonyl (C=O) groups is 1. The van der Waals surface area contributed by atoms with E-state index in [1.807, 2.05) is 0 Å². The van der Waals surface area contributed by atoms with Crippen molar-refractivity contribution in [2.45, 2.75) is 51.5 Å². The normalized spacial score (nSPS) is 15.2. The van der Waals surface area contributed by atoms with Crippen molar-refractivity contribution in [3.05, 3.63) is 36.8 Å². The number of thiophene rings is 2. The van der Waals surface area contributed by atoms with Crippen LogP contribution in [-0.2, 0) is 37.0 Å². The zero-order chi connectivity index (χ0) is 19.3. The van der Waals surface area contributed by atoms with Gasteiger partial charge in [0.1, 0.15) is 17.6 Å². The summed E-state index contributed by atoms with van der Waals surface area (Å²) in [5.74, 6) is -0.365. The summed E-state index contributed by atoms with van der Waals surface area (Å²) in [6.45, 7) is -0.209. The number of carbonyl (C=O) groups excluding carboxylic acids is 1. The summed E-state index contributed by atoms with van der Waals surface area (Å²) in [4.78, 5) is 28.5. The Kier molecular flexibility index (Phi) is 4.25. The Bertz CT molecular complexity index is 1210. The van der Waals surface area contributed by atoms with Gasteiger partial charge in [0, 0.05) is 9.75 Å². The maximum Gasteiger partial charge on any atom is 0.279 e. The van der Waals surface area contributed by atoms with Gasteiger partial charge in [0.05, 0.1) is 10.9 Å². The highest BCUT2D eigenvalue weighted by Crippen LogP contribution is 2.38. The minimum Gasteiger partial charge on any atom is -0.315 e. The van der Waals surface area contributed by atoms with E-state index < -0.39 is 0 Å². The average Bonchev–Trinajstić information content (AvgIpc) is 3.36. The van der Waals surface area contributed by atoms with Gasteiger partial charge in [-0.1, -0.05) is 5.21 Å². The first-order valence-corrected chi connectivity index (χ1v) is 11.0. The van der Waals surface area contributed by atoms with Crippen LogP contribution in [0, 0.1) is 11.3 Å². The van der Waals surface area contributed by atoms with Gasteiger partial charge in [-0.15, -0.1) is 27.8 Å². The van der Waals surface area contributed by atoms with Crippen LogP contribution < -0.4 is 10.9 Å². The molecule has 0 aromatic carbocycles. The predicted octanol–water partition coefficient (Wildman–Crippen LogP) is 2.79. The van der Waals surface area contributed by atoms with Crippen LogP contribution in [0.25, 0.3) is 10.2 Å². The molecule has 2 aliphatic carbocycles. The van der Waals surface area contributed by atoms with Gasteiger partial charge in [0.15, 0.2) is 4.83 Å². The second kappa shape index (κ2) is 6.79. The molecule has 7 nitrogen and oxygen atoms in total. The Morgan fingerprint density at radius 3 is 2.71 bits per heavy atom. The third kappa shape index (κ3) is 2.75. The summed E-state index contributed by atoms with van der Waals surface area (Å²) < 4.78 is 1.13. The van der Waals surface area contributed by atoms with E-state index in [2.05, 4.69) is 21.7 Å². The maximum atomic E-state index is 12.9. The van der Waals surface area contributed by atoms with E-state index in [-0.39, 0.29) is 18.0 Å². The van der Waals surface area contributed by atoms with Crippen LogP contribution in [0.15, 0.2) is 4.79 Å². The molecule has 0 aliphatic heterocycles. The van der Waals surface area contributed by atoms with Gasteiger partial charge >= 0.3 is 0 Å². The summed E-state index contributed by atoms with van der Waals surface area (Å²) in [5, 5.41) is 21.6. The number of amides is 1. The van der Waals surface area contributed by atoms with Gasteiger partial charge in [-0.05, 0) is 56.1 Å². The fourth-order valence-corrected chi connectivity index (χ4v) is 6.58. The molecule has 0 saturated heterocycles. The van der Waals surface area contributed by atoms with Crippen LogP contribution in [-0.4, -0.2) is 20.9 Å². The molecule has 0 bridgehead atoms. The first-order valence-electron chi connectivity index (χ1n) is 9.38. The van der Waals surface area contributed by atoms with Crippen LogP contribution in [0.2, 0.25) is 0 Å². The SMILES string of the molecule is N#Cc1c(NC(=O)Cn2nnc3sc4c(c3c2=O)CCCC4)sc2c1CCC2. The zero-order valence-electron chi connectivity index (χ0n) is 15.1.